The van der Waals surface area contributed by atoms with Crippen molar-refractivity contribution in [1.29, 1.82) is 0 Å². The third-order valence-electron chi connectivity index (χ3n) is 1.96. The van der Waals surface area contributed by atoms with Crippen LogP contribution in [0.2, 0.25) is 5.02 Å². The van der Waals surface area contributed by atoms with Gasteiger partial charge in [0.15, 0.2) is 0 Å². The van der Waals surface area contributed by atoms with E-state index in [9.17, 15) is 12.9 Å². The van der Waals surface area contributed by atoms with Crippen molar-refractivity contribution in [2.45, 2.75) is 6.92 Å². The van der Waals surface area contributed by atoms with Gasteiger partial charge in [0.05, 0.1) is 11.6 Å². The van der Waals surface area contributed by atoms with Gasteiger partial charge in [-0.25, -0.2) is 0 Å². The van der Waals surface area contributed by atoms with E-state index in [2.05, 4.69) is 6.58 Å². The minimum atomic E-state index is -5.05. The molecular weight excluding hydrogens is 278 g/mol. The fourth-order valence-corrected chi connectivity index (χ4v) is 1.16. The molecule has 17 heavy (non-hydrogen) atoms. The first-order chi connectivity index (χ1) is 7.30. The van der Waals surface area contributed by atoms with Gasteiger partial charge in [-0.1, -0.05) is 17.7 Å². The van der Waals surface area contributed by atoms with Crippen LogP contribution in [0.1, 0.15) is 5.56 Å². The van der Waals surface area contributed by atoms with Crippen LogP contribution in [0.15, 0.2) is 30.3 Å². The number of halogens is 4. The van der Waals surface area contributed by atoms with Crippen LogP contribution in [0.25, 0.3) is 0 Å². The normalized spacial score (nSPS) is 10.6. The molecule has 0 aliphatic rings. The van der Waals surface area contributed by atoms with E-state index in [4.69, 9.17) is 16.3 Å². The van der Waals surface area contributed by atoms with Gasteiger partial charge in [-0.2, -0.15) is 0 Å². The smallest absolute Gasteiger partial charge is 0.491 e. The second kappa shape index (κ2) is 7.21. The second-order valence-corrected chi connectivity index (χ2v) is 3.86. The Labute approximate surface area is 146 Å². The molecule has 7 heteroatoms. The monoisotopic (exact) mass is 288 g/mol. The van der Waals surface area contributed by atoms with Gasteiger partial charge in [-0.3, -0.25) is 0 Å². The van der Waals surface area contributed by atoms with Crippen molar-refractivity contribution in [1.82, 2.24) is 0 Å². The van der Waals surface area contributed by atoms with Crippen molar-refractivity contribution in [3.05, 3.63) is 40.8 Å². The standard InChI is InChI=1S/C10H10BClF3O.K/c1-7-3-4-9(12)10(5-7)16-6-8(2)11(13,14)15;/h3-5H,2,6H2,1H3;/q-1;+1. The first kappa shape index (κ1) is 17.5. The van der Waals surface area contributed by atoms with Crippen LogP contribution in [-0.4, -0.2) is 13.6 Å². The molecule has 1 nitrogen and oxygen atoms in total. The zero-order valence-corrected chi connectivity index (χ0v) is 13.5. The number of ether oxygens (including phenoxy) is 1. The van der Waals surface area contributed by atoms with Crippen molar-refractivity contribution in [2.75, 3.05) is 6.61 Å². The van der Waals surface area contributed by atoms with Gasteiger partial charge >= 0.3 is 58.4 Å². The average molecular weight is 289 g/mol. The predicted octanol–water partition coefficient (Wildman–Crippen LogP) is 0.974. The molecule has 1 aromatic rings. The molecule has 0 spiro atoms. The quantitative estimate of drug-likeness (QED) is 0.751. The molecule has 0 radical (unpaired) electrons. The molecule has 0 atom stereocenters. The Kier molecular flexibility index (Phi) is 7.44. The van der Waals surface area contributed by atoms with E-state index in [1.807, 2.05) is 0 Å². The first-order valence-electron chi connectivity index (χ1n) is 4.57. The third-order valence-corrected chi connectivity index (χ3v) is 2.27. The largest absolute Gasteiger partial charge is 1.00 e. The maximum Gasteiger partial charge on any atom is 1.00 e. The minimum absolute atomic E-state index is 0. The molecule has 0 saturated heterocycles. The Morgan fingerprint density at radius 3 is 2.53 bits per heavy atom. The Hall–Kier alpha value is 0.541. The molecule has 0 bridgehead atoms. The first-order valence-corrected chi connectivity index (χ1v) is 4.95. The van der Waals surface area contributed by atoms with Crippen LogP contribution < -0.4 is 56.1 Å². The molecular formula is C10H10BClF3KO. The fourth-order valence-electron chi connectivity index (χ4n) is 0.986. The SMILES string of the molecule is C=C(COc1cc(C)ccc1Cl)[B-](F)(F)F.[K+]. The van der Waals surface area contributed by atoms with E-state index in [-0.39, 0.29) is 62.2 Å². The summed E-state index contributed by atoms with van der Waals surface area (Å²) in [6, 6.07) is 4.91. The summed E-state index contributed by atoms with van der Waals surface area (Å²) in [6.45, 7) is -0.918. The van der Waals surface area contributed by atoms with Gasteiger partial charge in [0, 0.05) is 0 Å². The zero-order chi connectivity index (χ0) is 12.3. The van der Waals surface area contributed by atoms with E-state index < -0.39 is 19.1 Å². The molecule has 0 fully saturated rings. The summed E-state index contributed by atoms with van der Waals surface area (Å²) in [4.78, 5) is 0. The molecule has 1 rings (SSSR count). The van der Waals surface area contributed by atoms with E-state index in [1.54, 1.807) is 25.1 Å². The average Bonchev–Trinajstić information content (AvgIpc) is 2.17. The summed E-state index contributed by atoms with van der Waals surface area (Å²) in [6.07, 6.45) is 0. The van der Waals surface area contributed by atoms with Crippen molar-refractivity contribution in [3.8, 4) is 5.75 Å². The van der Waals surface area contributed by atoms with Crippen molar-refractivity contribution < 1.29 is 69.1 Å². The molecule has 0 heterocycles. The van der Waals surface area contributed by atoms with Crippen LogP contribution in [0.3, 0.4) is 0 Å². The molecule has 1 aromatic carbocycles. The summed E-state index contributed by atoms with van der Waals surface area (Å²) < 4.78 is 41.5. The predicted molar refractivity (Wildman–Crippen MR) is 59.9 cm³/mol. The molecule has 0 N–H and O–H groups in total. The van der Waals surface area contributed by atoms with Gasteiger partial charge in [0.25, 0.3) is 0 Å². The van der Waals surface area contributed by atoms with Crippen LogP contribution in [0.4, 0.5) is 12.9 Å². The fraction of sp³-hybridized carbons (Fsp3) is 0.200. The molecule has 0 aliphatic heterocycles. The maximum atomic E-state index is 12.2. The Morgan fingerprint density at radius 1 is 1.41 bits per heavy atom. The van der Waals surface area contributed by atoms with Crippen LogP contribution in [0.5, 0.6) is 5.75 Å². The summed E-state index contributed by atoms with van der Waals surface area (Å²) in [5, 5.41) is 0.285. The number of rotatable bonds is 4. The Morgan fingerprint density at radius 2 is 2.00 bits per heavy atom. The minimum Gasteiger partial charge on any atom is -0.491 e. The summed E-state index contributed by atoms with van der Waals surface area (Å²) in [7, 11) is 0. The molecule has 0 saturated carbocycles. The van der Waals surface area contributed by atoms with Gasteiger partial charge in [-0.15, -0.1) is 12.1 Å². The van der Waals surface area contributed by atoms with Crippen molar-refractivity contribution in [3.63, 3.8) is 0 Å². The number of benzene rings is 1. The zero-order valence-electron chi connectivity index (χ0n) is 9.64. The van der Waals surface area contributed by atoms with Crippen molar-refractivity contribution in [2.24, 2.45) is 0 Å². The van der Waals surface area contributed by atoms with E-state index >= 15 is 0 Å². The van der Waals surface area contributed by atoms with E-state index in [0.29, 0.717) is 0 Å². The Balaban J connectivity index is 0.00000256. The molecule has 0 aliphatic carbocycles. The van der Waals surface area contributed by atoms with Gasteiger partial charge in [-0.05, 0) is 24.6 Å². The Bertz CT molecular complexity index is 409. The van der Waals surface area contributed by atoms with Crippen LogP contribution >= 0.6 is 11.6 Å². The summed E-state index contributed by atoms with van der Waals surface area (Å²) >= 11 is 5.76. The summed E-state index contributed by atoms with van der Waals surface area (Å²) in [5.41, 5.74) is -0.0138. The number of hydrogen-bond acceptors (Lipinski definition) is 1. The van der Waals surface area contributed by atoms with Gasteiger partial charge in [0.1, 0.15) is 5.75 Å². The van der Waals surface area contributed by atoms with E-state index in [0.717, 1.165) is 5.56 Å². The molecule has 88 valence electrons. The number of hydrogen-bond donors (Lipinski definition) is 0. The topological polar surface area (TPSA) is 9.23 Å². The van der Waals surface area contributed by atoms with Gasteiger partial charge < -0.3 is 17.7 Å². The molecule has 0 aromatic heterocycles. The van der Waals surface area contributed by atoms with E-state index in [1.165, 1.54) is 0 Å². The second-order valence-electron chi connectivity index (χ2n) is 3.46. The number of aryl methyl sites for hydroxylation is 1. The maximum absolute atomic E-state index is 12.2. The third kappa shape index (κ3) is 5.81. The van der Waals surface area contributed by atoms with Crippen LogP contribution in [-0.2, 0) is 0 Å². The summed E-state index contributed by atoms with van der Waals surface area (Å²) in [5.74, 6) is 0.239. The van der Waals surface area contributed by atoms with Gasteiger partial charge in [0.2, 0.25) is 0 Å². The molecule has 0 unspecified atom stereocenters. The van der Waals surface area contributed by atoms with Crippen LogP contribution in [0, 0.1) is 6.92 Å². The molecule has 0 amide bonds. The van der Waals surface area contributed by atoms with Crippen molar-refractivity contribution >= 4 is 18.6 Å².